The molecule has 16 heavy (non-hydrogen) atoms. The average molecular weight is 223 g/mol. The predicted octanol–water partition coefficient (Wildman–Crippen LogP) is 0.604. The Labute approximate surface area is 94.8 Å². The zero-order valence-electron chi connectivity index (χ0n) is 9.75. The highest BCUT2D eigenvalue weighted by molar-refractivity contribution is 5.82. The Balaban J connectivity index is 2.69. The van der Waals surface area contributed by atoms with Gasteiger partial charge < -0.3 is 15.8 Å². The largest absolute Gasteiger partial charge is 0.409 e. The minimum Gasteiger partial charge on any atom is -0.409 e. The molecule has 0 spiro atoms. The number of nitrogens with two attached hydrogens (primary N) is 1. The summed E-state index contributed by atoms with van der Waals surface area (Å²) in [5.74, 6) is 1.73. The number of nitrogens with zero attached hydrogens (tertiary/aromatic N) is 4. The lowest BCUT2D eigenvalue weighted by atomic mass is 10.1. The summed E-state index contributed by atoms with van der Waals surface area (Å²) in [5, 5.41) is 11.5. The Morgan fingerprint density at radius 3 is 2.94 bits per heavy atom. The van der Waals surface area contributed by atoms with Gasteiger partial charge in [0.05, 0.1) is 0 Å². The number of hydrogen-bond acceptors (Lipinski definition) is 5. The fourth-order valence-electron chi connectivity index (χ4n) is 1.35. The molecule has 6 heteroatoms. The van der Waals surface area contributed by atoms with Gasteiger partial charge in [-0.05, 0) is 13.0 Å². The van der Waals surface area contributed by atoms with Crippen LogP contribution >= 0.6 is 0 Å². The van der Waals surface area contributed by atoms with Crippen LogP contribution in [0, 0.1) is 12.8 Å². The molecule has 0 bridgehead atoms. The molecule has 0 amide bonds. The zero-order chi connectivity index (χ0) is 12.1. The van der Waals surface area contributed by atoms with Crippen LogP contribution in [0.3, 0.4) is 0 Å². The summed E-state index contributed by atoms with van der Waals surface area (Å²) in [6, 6.07) is 1.83. The topological polar surface area (TPSA) is 87.6 Å². The summed E-state index contributed by atoms with van der Waals surface area (Å²) >= 11 is 0. The fourth-order valence-corrected chi connectivity index (χ4v) is 1.35. The third-order valence-corrected chi connectivity index (χ3v) is 2.32. The lowest BCUT2D eigenvalue weighted by Gasteiger charge is -2.21. The minimum absolute atomic E-state index is 0.0368. The van der Waals surface area contributed by atoms with Crippen molar-refractivity contribution < 1.29 is 5.21 Å². The van der Waals surface area contributed by atoms with E-state index in [1.807, 2.05) is 31.9 Å². The van der Waals surface area contributed by atoms with Crippen molar-refractivity contribution in [2.75, 3.05) is 18.5 Å². The summed E-state index contributed by atoms with van der Waals surface area (Å²) in [5.41, 5.74) is 5.51. The van der Waals surface area contributed by atoms with Crippen molar-refractivity contribution in [2.24, 2.45) is 16.8 Å². The van der Waals surface area contributed by atoms with Crippen molar-refractivity contribution in [1.82, 2.24) is 9.97 Å². The van der Waals surface area contributed by atoms with E-state index in [4.69, 9.17) is 10.9 Å². The van der Waals surface area contributed by atoms with Gasteiger partial charge in [0.15, 0.2) is 0 Å². The van der Waals surface area contributed by atoms with Crippen LogP contribution in [0.15, 0.2) is 17.4 Å². The Morgan fingerprint density at radius 2 is 2.38 bits per heavy atom. The van der Waals surface area contributed by atoms with Gasteiger partial charge in [0.1, 0.15) is 17.5 Å². The Hall–Kier alpha value is -1.85. The Morgan fingerprint density at radius 1 is 1.69 bits per heavy atom. The molecule has 6 nitrogen and oxygen atoms in total. The lowest BCUT2D eigenvalue weighted by Crippen LogP contribution is -2.33. The van der Waals surface area contributed by atoms with E-state index < -0.39 is 0 Å². The molecule has 1 aromatic heterocycles. The molecular formula is C10H17N5O. The molecule has 0 fully saturated rings. The summed E-state index contributed by atoms with van der Waals surface area (Å²) in [6.45, 7) is 4.36. The molecule has 0 aromatic carbocycles. The maximum Gasteiger partial charge on any atom is 0.143 e. The van der Waals surface area contributed by atoms with Crippen LogP contribution in [0.25, 0.3) is 0 Å². The Kier molecular flexibility index (Phi) is 4.04. The van der Waals surface area contributed by atoms with Crippen molar-refractivity contribution in [3.05, 3.63) is 18.1 Å². The number of anilines is 1. The van der Waals surface area contributed by atoms with Crippen molar-refractivity contribution in [3.8, 4) is 0 Å². The van der Waals surface area contributed by atoms with Crippen LogP contribution in [0.5, 0.6) is 0 Å². The molecule has 1 unspecified atom stereocenters. The molecule has 88 valence electrons. The van der Waals surface area contributed by atoms with E-state index in [2.05, 4.69) is 15.1 Å². The van der Waals surface area contributed by atoms with E-state index in [-0.39, 0.29) is 11.8 Å². The van der Waals surface area contributed by atoms with Gasteiger partial charge in [-0.3, -0.25) is 0 Å². The third-order valence-electron chi connectivity index (χ3n) is 2.32. The van der Waals surface area contributed by atoms with Crippen molar-refractivity contribution in [1.29, 1.82) is 0 Å². The maximum atomic E-state index is 8.55. The van der Waals surface area contributed by atoms with Crippen molar-refractivity contribution in [2.45, 2.75) is 13.8 Å². The normalized spacial score (nSPS) is 13.6. The van der Waals surface area contributed by atoms with Crippen LogP contribution in [-0.2, 0) is 0 Å². The monoisotopic (exact) mass is 223 g/mol. The van der Waals surface area contributed by atoms with Gasteiger partial charge >= 0.3 is 0 Å². The SMILES string of the molecule is Cc1nccc(N(C)CC(C)C(N)=NO)n1. The molecule has 0 radical (unpaired) electrons. The summed E-state index contributed by atoms with van der Waals surface area (Å²) < 4.78 is 0. The summed E-state index contributed by atoms with van der Waals surface area (Å²) in [7, 11) is 1.91. The molecule has 0 saturated heterocycles. The number of aryl methyl sites for hydroxylation is 1. The third kappa shape index (κ3) is 3.08. The first-order chi connectivity index (χ1) is 7.54. The minimum atomic E-state index is -0.0368. The molecule has 0 saturated carbocycles. The molecule has 0 aliphatic heterocycles. The fraction of sp³-hybridized carbons (Fsp3) is 0.500. The highest BCUT2D eigenvalue weighted by Gasteiger charge is 2.12. The van der Waals surface area contributed by atoms with E-state index >= 15 is 0 Å². The van der Waals surface area contributed by atoms with E-state index in [0.29, 0.717) is 6.54 Å². The van der Waals surface area contributed by atoms with Crippen LogP contribution in [0.4, 0.5) is 5.82 Å². The van der Waals surface area contributed by atoms with Crippen LogP contribution in [-0.4, -0.2) is 34.6 Å². The number of amidine groups is 1. The van der Waals surface area contributed by atoms with E-state index in [1.54, 1.807) is 6.20 Å². The molecule has 3 N–H and O–H groups in total. The number of rotatable bonds is 4. The van der Waals surface area contributed by atoms with Gasteiger partial charge in [-0.15, -0.1) is 0 Å². The van der Waals surface area contributed by atoms with Crippen molar-refractivity contribution in [3.63, 3.8) is 0 Å². The Bertz CT molecular complexity index is 379. The molecule has 0 aliphatic rings. The second-order valence-corrected chi connectivity index (χ2v) is 3.77. The smallest absolute Gasteiger partial charge is 0.143 e. The summed E-state index contributed by atoms with van der Waals surface area (Å²) in [6.07, 6.45) is 1.71. The highest BCUT2D eigenvalue weighted by atomic mass is 16.4. The standard InChI is InChI=1S/C10H17N5O/c1-7(10(11)14-16)6-15(3)9-4-5-12-8(2)13-9/h4-5,7,16H,6H2,1-3H3,(H2,11,14). The first-order valence-electron chi connectivity index (χ1n) is 5.02. The highest BCUT2D eigenvalue weighted by Crippen LogP contribution is 2.09. The van der Waals surface area contributed by atoms with Gasteiger partial charge in [0.2, 0.25) is 0 Å². The van der Waals surface area contributed by atoms with Gasteiger partial charge in [-0.1, -0.05) is 12.1 Å². The van der Waals surface area contributed by atoms with E-state index in [9.17, 15) is 0 Å². The first kappa shape index (κ1) is 12.2. The van der Waals surface area contributed by atoms with Gasteiger partial charge in [0.25, 0.3) is 0 Å². The second-order valence-electron chi connectivity index (χ2n) is 3.77. The van der Waals surface area contributed by atoms with Gasteiger partial charge in [-0.25, -0.2) is 9.97 Å². The van der Waals surface area contributed by atoms with Crippen LogP contribution in [0.1, 0.15) is 12.7 Å². The van der Waals surface area contributed by atoms with E-state index in [0.717, 1.165) is 11.6 Å². The van der Waals surface area contributed by atoms with Gasteiger partial charge in [0, 0.05) is 25.7 Å². The lowest BCUT2D eigenvalue weighted by molar-refractivity contribution is 0.314. The summed E-state index contributed by atoms with van der Waals surface area (Å²) in [4.78, 5) is 10.3. The maximum absolute atomic E-state index is 8.55. The first-order valence-corrected chi connectivity index (χ1v) is 5.02. The molecule has 1 aromatic rings. The molecular weight excluding hydrogens is 206 g/mol. The number of hydrogen-bond donors (Lipinski definition) is 2. The van der Waals surface area contributed by atoms with Crippen LogP contribution in [0.2, 0.25) is 0 Å². The van der Waals surface area contributed by atoms with E-state index in [1.165, 1.54) is 0 Å². The number of aromatic nitrogens is 2. The number of oxime groups is 1. The molecule has 1 atom stereocenters. The second kappa shape index (κ2) is 5.29. The van der Waals surface area contributed by atoms with Gasteiger partial charge in [-0.2, -0.15) is 0 Å². The van der Waals surface area contributed by atoms with Crippen molar-refractivity contribution >= 4 is 11.7 Å². The average Bonchev–Trinajstić information content (AvgIpc) is 2.27. The van der Waals surface area contributed by atoms with Crippen LogP contribution < -0.4 is 10.6 Å². The predicted molar refractivity (Wildman–Crippen MR) is 62.6 cm³/mol. The molecule has 1 rings (SSSR count). The quantitative estimate of drug-likeness (QED) is 0.338. The molecule has 1 heterocycles. The molecule has 0 aliphatic carbocycles. The zero-order valence-corrected chi connectivity index (χ0v) is 9.75.